The van der Waals surface area contributed by atoms with Gasteiger partial charge in [0.1, 0.15) is 17.1 Å². The fourth-order valence-electron chi connectivity index (χ4n) is 4.45. The van der Waals surface area contributed by atoms with Crippen molar-refractivity contribution in [2.24, 2.45) is 4.99 Å². The standard InChI is InChI=1S/C26H23F6NO4S/c1-24(2)36-21-20(34-13-14-8-4-3-5-9-14)17(35-23(21)37-24)12-16-19(27)22(25(28,29)26(30,31)32)38-18-11-7-6-10-15(18)33-16/h3-11,17,20-21,23H,12-13H2,1-2H3/t17-,20+,21-,23-/m1/s1. The van der Waals surface area contributed by atoms with Gasteiger partial charge in [0.15, 0.2) is 17.9 Å². The van der Waals surface area contributed by atoms with Crippen molar-refractivity contribution in [2.75, 3.05) is 0 Å². The van der Waals surface area contributed by atoms with E-state index < -0.39 is 65.4 Å². The van der Waals surface area contributed by atoms with E-state index in [2.05, 4.69) is 4.99 Å². The number of alkyl halides is 5. The van der Waals surface area contributed by atoms with Crippen molar-refractivity contribution >= 4 is 23.2 Å². The van der Waals surface area contributed by atoms with Gasteiger partial charge in [-0.15, -0.1) is 0 Å². The van der Waals surface area contributed by atoms with E-state index >= 15 is 4.39 Å². The van der Waals surface area contributed by atoms with Crippen LogP contribution in [-0.2, 0) is 25.6 Å². The highest BCUT2D eigenvalue weighted by molar-refractivity contribution is 8.03. The lowest BCUT2D eigenvalue weighted by atomic mass is 10.0. The largest absolute Gasteiger partial charge is 0.458 e. The van der Waals surface area contributed by atoms with Crippen LogP contribution in [0, 0.1) is 0 Å². The van der Waals surface area contributed by atoms with Gasteiger partial charge in [-0.05, 0) is 31.5 Å². The molecule has 2 fully saturated rings. The van der Waals surface area contributed by atoms with Gasteiger partial charge in [0.2, 0.25) is 0 Å². The Labute approximate surface area is 218 Å². The maximum absolute atomic E-state index is 15.6. The van der Waals surface area contributed by atoms with E-state index in [1.807, 2.05) is 30.3 Å². The van der Waals surface area contributed by atoms with Crippen LogP contribution in [0.1, 0.15) is 25.8 Å². The van der Waals surface area contributed by atoms with Crippen LogP contribution in [-0.4, -0.2) is 48.2 Å². The van der Waals surface area contributed by atoms with E-state index in [9.17, 15) is 22.0 Å². The Morgan fingerprint density at radius 2 is 1.66 bits per heavy atom. The fourth-order valence-corrected chi connectivity index (χ4v) is 5.49. The van der Waals surface area contributed by atoms with Crippen molar-refractivity contribution in [3.05, 3.63) is 70.9 Å². The first-order valence-electron chi connectivity index (χ1n) is 11.7. The molecule has 3 aliphatic heterocycles. The molecule has 0 saturated carbocycles. The number of aliphatic imine (C=N–C) groups is 1. The van der Waals surface area contributed by atoms with Crippen LogP contribution >= 0.6 is 11.8 Å². The van der Waals surface area contributed by atoms with Crippen LogP contribution in [0.25, 0.3) is 0 Å². The maximum atomic E-state index is 15.6. The van der Waals surface area contributed by atoms with Crippen LogP contribution in [0.4, 0.5) is 32.0 Å². The third-order valence-electron chi connectivity index (χ3n) is 6.19. The van der Waals surface area contributed by atoms with Crippen molar-refractivity contribution < 1.29 is 45.3 Å². The smallest absolute Gasteiger partial charge is 0.368 e. The lowest BCUT2D eigenvalue weighted by molar-refractivity contribution is -0.261. The Balaban J connectivity index is 1.49. The number of ether oxygens (including phenoxy) is 4. The summed E-state index contributed by atoms with van der Waals surface area (Å²) >= 11 is 0.00486. The Morgan fingerprint density at radius 3 is 2.37 bits per heavy atom. The molecule has 38 heavy (non-hydrogen) atoms. The second kappa shape index (κ2) is 9.98. The number of para-hydroxylation sites is 1. The molecule has 0 radical (unpaired) electrons. The number of allylic oxidation sites excluding steroid dienone is 2. The predicted octanol–water partition coefficient (Wildman–Crippen LogP) is 7.10. The molecule has 2 saturated heterocycles. The quantitative estimate of drug-likeness (QED) is 0.354. The first-order valence-corrected chi connectivity index (χ1v) is 12.5. The zero-order chi connectivity index (χ0) is 27.3. The summed E-state index contributed by atoms with van der Waals surface area (Å²) in [4.78, 5) is 2.34. The van der Waals surface area contributed by atoms with Gasteiger partial charge in [-0.2, -0.15) is 22.0 Å². The molecule has 0 aliphatic carbocycles. The van der Waals surface area contributed by atoms with E-state index in [4.69, 9.17) is 18.9 Å². The molecule has 5 nitrogen and oxygen atoms in total. The summed E-state index contributed by atoms with van der Waals surface area (Å²) in [6, 6.07) is 14.8. The van der Waals surface area contributed by atoms with Gasteiger partial charge < -0.3 is 18.9 Å². The van der Waals surface area contributed by atoms with Gasteiger partial charge in [0.05, 0.1) is 24.1 Å². The highest BCUT2D eigenvalue weighted by Crippen LogP contribution is 2.52. The van der Waals surface area contributed by atoms with Gasteiger partial charge in [0, 0.05) is 11.3 Å². The van der Waals surface area contributed by atoms with Crippen LogP contribution in [0.5, 0.6) is 0 Å². The third-order valence-corrected chi connectivity index (χ3v) is 7.40. The summed E-state index contributed by atoms with van der Waals surface area (Å²) in [5.74, 6) is -8.19. The molecule has 3 heterocycles. The molecule has 5 rings (SSSR count). The number of hydrogen-bond acceptors (Lipinski definition) is 6. The van der Waals surface area contributed by atoms with Crippen LogP contribution in [0.15, 0.2) is 75.2 Å². The number of benzene rings is 2. The summed E-state index contributed by atoms with van der Waals surface area (Å²) in [5.41, 5.74) is 0.270. The molecule has 2 aromatic rings. The Kier molecular flexibility index (Phi) is 7.14. The number of halogens is 6. The minimum absolute atomic E-state index is 0.00486. The Bertz CT molecular complexity index is 1250. The average molecular weight is 560 g/mol. The van der Waals surface area contributed by atoms with Crippen LogP contribution < -0.4 is 0 Å². The number of thioether (sulfide) groups is 1. The number of rotatable bonds is 6. The first kappa shape index (κ1) is 27.2. The van der Waals surface area contributed by atoms with Crippen LogP contribution in [0.3, 0.4) is 0 Å². The maximum Gasteiger partial charge on any atom is 0.458 e. The predicted molar refractivity (Wildman–Crippen MR) is 127 cm³/mol. The van der Waals surface area contributed by atoms with Crippen molar-refractivity contribution in [2.45, 2.75) is 74.3 Å². The van der Waals surface area contributed by atoms with E-state index in [1.54, 1.807) is 13.8 Å². The zero-order valence-electron chi connectivity index (χ0n) is 20.2. The number of nitrogens with zero attached hydrogens (tertiary/aromatic N) is 1. The minimum Gasteiger partial charge on any atom is -0.368 e. The molecular weight excluding hydrogens is 536 g/mol. The highest BCUT2D eigenvalue weighted by Gasteiger charge is 2.62. The Morgan fingerprint density at radius 1 is 0.974 bits per heavy atom. The van der Waals surface area contributed by atoms with Crippen molar-refractivity contribution in [3.8, 4) is 0 Å². The molecule has 0 bridgehead atoms. The second-order valence-corrected chi connectivity index (χ2v) is 10.5. The lowest BCUT2D eigenvalue weighted by Crippen LogP contribution is -2.39. The SMILES string of the molecule is CC1(C)O[C@H]2O[C@H](CC3=Nc4ccccc4SC(C(F)(F)C(F)(F)F)=C3F)[C@H](OCc3ccccc3)[C@H]2O1. The molecule has 0 spiro atoms. The van der Waals surface area contributed by atoms with Crippen molar-refractivity contribution in [3.63, 3.8) is 0 Å². The summed E-state index contributed by atoms with van der Waals surface area (Å²) in [6.45, 7) is 3.48. The molecule has 204 valence electrons. The van der Waals surface area contributed by atoms with Gasteiger partial charge in [-0.25, -0.2) is 9.38 Å². The number of fused-ring (bicyclic) bond motifs is 2. The average Bonchev–Trinajstić information content (AvgIpc) is 3.25. The van der Waals surface area contributed by atoms with E-state index in [-0.39, 0.29) is 29.0 Å². The molecule has 4 atom stereocenters. The molecule has 3 aliphatic rings. The van der Waals surface area contributed by atoms with Crippen molar-refractivity contribution in [1.29, 1.82) is 0 Å². The zero-order valence-corrected chi connectivity index (χ0v) is 21.0. The van der Waals surface area contributed by atoms with Crippen molar-refractivity contribution in [1.82, 2.24) is 0 Å². The number of hydrogen-bond donors (Lipinski definition) is 0. The lowest BCUT2D eigenvalue weighted by Gasteiger charge is -2.26. The summed E-state index contributed by atoms with van der Waals surface area (Å²) in [7, 11) is 0. The van der Waals surface area contributed by atoms with E-state index in [0.717, 1.165) is 5.56 Å². The molecular formula is C26H23F6NO4S. The summed E-state index contributed by atoms with van der Waals surface area (Å²) < 4.78 is 108. The van der Waals surface area contributed by atoms with E-state index in [1.165, 1.54) is 24.3 Å². The molecule has 0 aromatic heterocycles. The minimum atomic E-state index is -6.01. The molecule has 12 heteroatoms. The highest BCUT2D eigenvalue weighted by atomic mass is 32.2. The van der Waals surface area contributed by atoms with Gasteiger partial charge >= 0.3 is 12.1 Å². The van der Waals surface area contributed by atoms with Gasteiger partial charge in [0.25, 0.3) is 0 Å². The second-order valence-electron chi connectivity index (χ2n) is 9.45. The normalized spacial score (nSPS) is 27.1. The monoisotopic (exact) mass is 559 g/mol. The molecule has 0 amide bonds. The van der Waals surface area contributed by atoms with E-state index in [0.29, 0.717) is 0 Å². The third kappa shape index (κ3) is 5.24. The fraction of sp³-hybridized carbons (Fsp3) is 0.423. The van der Waals surface area contributed by atoms with Gasteiger partial charge in [-0.1, -0.05) is 54.2 Å². The first-order chi connectivity index (χ1) is 17.9. The van der Waals surface area contributed by atoms with Gasteiger partial charge in [-0.3, -0.25) is 0 Å². The molecule has 0 unspecified atom stereocenters. The molecule has 2 aromatic carbocycles. The summed E-state index contributed by atoms with van der Waals surface area (Å²) in [6.07, 6.45) is -9.98. The topological polar surface area (TPSA) is 49.3 Å². The molecule has 0 N–H and O–H groups in total. The van der Waals surface area contributed by atoms with Crippen LogP contribution in [0.2, 0.25) is 0 Å². The summed E-state index contributed by atoms with van der Waals surface area (Å²) in [5, 5.41) is 0. The Hall–Kier alpha value is -2.38.